The Kier molecular flexibility index (Phi) is 15.2. The van der Waals surface area contributed by atoms with Crippen molar-refractivity contribution in [2.75, 3.05) is 28.4 Å². The molecule has 4 aromatic carbocycles. The summed E-state index contributed by atoms with van der Waals surface area (Å²) in [5.41, 5.74) is 6.47. The van der Waals surface area contributed by atoms with Crippen molar-refractivity contribution in [3.63, 3.8) is 0 Å². The molecular formula is C54H68N2O11Si2. The molecular weight excluding hydrogens is 909 g/mol. The number of hydrogen-bond acceptors (Lipinski definition) is 11. The highest BCUT2D eigenvalue weighted by atomic mass is 28.4. The number of carbonyl (C=O) groups excluding carboxylic acids is 4. The lowest BCUT2D eigenvalue weighted by atomic mass is 9.74. The van der Waals surface area contributed by atoms with Crippen molar-refractivity contribution in [1.29, 1.82) is 0 Å². The van der Waals surface area contributed by atoms with Gasteiger partial charge in [-0.1, -0.05) is 85.6 Å². The Morgan fingerprint density at radius 3 is 1.01 bits per heavy atom. The van der Waals surface area contributed by atoms with E-state index in [1.54, 1.807) is 39.8 Å². The smallest absolute Gasteiger partial charge is 0.418 e. The van der Waals surface area contributed by atoms with E-state index in [0.717, 1.165) is 22.3 Å². The van der Waals surface area contributed by atoms with Crippen LogP contribution in [0.3, 0.4) is 0 Å². The Balaban J connectivity index is 1.32. The summed E-state index contributed by atoms with van der Waals surface area (Å²) in [6, 6.07) is 21.1. The fourth-order valence-electron chi connectivity index (χ4n) is 10.1. The summed E-state index contributed by atoms with van der Waals surface area (Å²) in [6.07, 6.45) is 1.17. The van der Waals surface area contributed by atoms with Gasteiger partial charge >= 0.3 is 12.2 Å². The molecule has 368 valence electrons. The maximum Gasteiger partial charge on any atom is 0.418 e. The molecule has 0 bridgehead atoms. The quantitative estimate of drug-likeness (QED) is 0.0783. The van der Waals surface area contributed by atoms with E-state index in [4.69, 9.17) is 32.5 Å². The summed E-state index contributed by atoms with van der Waals surface area (Å²) in [4.78, 5) is 60.1. The molecule has 69 heavy (non-hydrogen) atoms. The first kappa shape index (κ1) is 52.2. The van der Waals surface area contributed by atoms with Crippen LogP contribution in [0, 0.1) is 39.5 Å². The standard InChI is InChI=1S/C54H68N2O11Si2/c1-33(2)49-53(39-29-35(5)17-21-43(39)61-9,40-30-36(6)18-22-44(40)62-10)65-51(59)55(49)47(57)25-27-68(13,14)67-69(15,16)28-26-48(58)56-50(34(3)4)54(66-52(56)60,41-31-37(7)19-23-45(41)63-11)42-32-38(8)20-24-46(42)64-12/h17-34,49-50H,1-16H3/b27-25+,28-26+/t49-,50-/m0/s1. The number of hydrogen-bond donors (Lipinski definition) is 0. The van der Waals surface area contributed by atoms with E-state index in [-0.39, 0.29) is 11.8 Å². The molecule has 13 nitrogen and oxygen atoms in total. The second-order valence-electron chi connectivity index (χ2n) is 19.8. The molecule has 0 unspecified atom stereocenters. The number of rotatable bonds is 16. The Morgan fingerprint density at radius 1 is 0.522 bits per heavy atom. The zero-order valence-electron chi connectivity index (χ0n) is 42.9. The van der Waals surface area contributed by atoms with Crippen LogP contribution < -0.4 is 18.9 Å². The van der Waals surface area contributed by atoms with E-state index in [1.165, 1.54) is 22.0 Å². The van der Waals surface area contributed by atoms with Gasteiger partial charge in [0.05, 0.1) is 40.5 Å². The van der Waals surface area contributed by atoms with E-state index in [2.05, 4.69) is 0 Å². The van der Waals surface area contributed by atoms with E-state index < -0.39 is 63.9 Å². The Hall–Kier alpha value is -6.17. The van der Waals surface area contributed by atoms with Crippen LogP contribution in [0.1, 0.15) is 72.2 Å². The van der Waals surface area contributed by atoms with Crippen LogP contribution >= 0.6 is 0 Å². The van der Waals surface area contributed by atoms with Crippen LogP contribution in [0.5, 0.6) is 23.0 Å². The predicted octanol–water partition coefficient (Wildman–Crippen LogP) is 10.8. The molecule has 2 fully saturated rings. The number of aryl methyl sites for hydroxylation is 4. The molecule has 0 saturated carbocycles. The first-order valence-electron chi connectivity index (χ1n) is 23.2. The molecule has 0 aliphatic carbocycles. The minimum absolute atomic E-state index is 0.300. The lowest BCUT2D eigenvalue weighted by Gasteiger charge is -2.39. The zero-order chi connectivity index (χ0) is 51.0. The lowest BCUT2D eigenvalue weighted by molar-refractivity contribution is -0.126. The average molecular weight is 977 g/mol. The maximum absolute atomic E-state index is 14.6. The van der Waals surface area contributed by atoms with Gasteiger partial charge in [-0.15, -0.1) is 0 Å². The molecule has 2 saturated heterocycles. The number of cyclic esters (lactones) is 2. The largest absolute Gasteiger partial charge is 0.496 e. The summed E-state index contributed by atoms with van der Waals surface area (Å²) < 4.78 is 43.5. The van der Waals surface area contributed by atoms with E-state index in [1.807, 2.05) is 154 Å². The third-order valence-corrected chi connectivity index (χ3v) is 19.0. The van der Waals surface area contributed by atoms with Gasteiger partial charge in [0, 0.05) is 22.3 Å². The van der Waals surface area contributed by atoms with Crippen molar-refractivity contribution in [2.24, 2.45) is 11.8 Å². The zero-order valence-corrected chi connectivity index (χ0v) is 44.9. The van der Waals surface area contributed by atoms with Crippen LogP contribution in [0.25, 0.3) is 0 Å². The maximum atomic E-state index is 14.6. The summed E-state index contributed by atoms with van der Waals surface area (Å²) in [6.45, 7) is 23.3. The SMILES string of the molecule is COc1ccc(C)cc1C1(c2cc(C)ccc2OC)OC(=O)N(C(=O)/C=C/[Si](C)(C)O[Si](C)(C)/C=C/C(=O)N2C(=O)OC(c3cc(C)ccc3OC)(c3cc(C)ccc3OC)[C@@H]2C(C)C)[C@H]1C(C)C. The highest BCUT2D eigenvalue weighted by Crippen LogP contribution is 2.54. The fourth-order valence-corrected chi connectivity index (χ4v) is 17.2. The first-order chi connectivity index (χ1) is 32.4. The van der Waals surface area contributed by atoms with Gasteiger partial charge < -0.3 is 32.5 Å². The Morgan fingerprint density at radius 2 is 0.783 bits per heavy atom. The summed E-state index contributed by atoms with van der Waals surface area (Å²) in [5.74, 6) is 0.229. The van der Waals surface area contributed by atoms with Crippen molar-refractivity contribution in [1.82, 2.24) is 9.80 Å². The third-order valence-electron chi connectivity index (χ3n) is 12.8. The molecule has 2 heterocycles. The van der Waals surface area contributed by atoms with Gasteiger partial charge in [-0.25, -0.2) is 19.4 Å². The number of carbonyl (C=O) groups is 4. The van der Waals surface area contributed by atoms with Crippen molar-refractivity contribution < 1.29 is 51.7 Å². The number of benzene rings is 4. The second-order valence-corrected chi connectivity index (χ2v) is 27.7. The van der Waals surface area contributed by atoms with Crippen LogP contribution in [-0.2, 0) is 34.4 Å². The van der Waals surface area contributed by atoms with Gasteiger partial charge in [-0.05, 0) is 126 Å². The highest BCUT2D eigenvalue weighted by molar-refractivity contribution is 6.89. The third kappa shape index (κ3) is 9.86. The van der Waals surface area contributed by atoms with E-state index >= 15 is 0 Å². The van der Waals surface area contributed by atoms with E-state index in [0.29, 0.717) is 45.3 Å². The van der Waals surface area contributed by atoms with Crippen molar-refractivity contribution in [2.45, 2.75) is 105 Å². The molecule has 4 aromatic rings. The Bertz CT molecular complexity index is 2400. The second kappa shape index (κ2) is 20.0. The van der Waals surface area contributed by atoms with Gasteiger partial charge in [-0.2, -0.15) is 0 Å². The molecule has 2 atom stereocenters. The molecule has 4 amide bonds. The summed E-state index contributed by atoms with van der Waals surface area (Å²) in [7, 11) is 0.494. The average Bonchev–Trinajstić information content (AvgIpc) is 3.79. The minimum Gasteiger partial charge on any atom is -0.496 e. The van der Waals surface area contributed by atoms with Gasteiger partial charge in [0.1, 0.15) is 23.0 Å². The van der Waals surface area contributed by atoms with Crippen molar-refractivity contribution in [3.8, 4) is 23.0 Å². The van der Waals surface area contributed by atoms with Gasteiger partial charge in [0.25, 0.3) is 11.8 Å². The molecule has 6 rings (SSSR count). The summed E-state index contributed by atoms with van der Waals surface area (Å²) >= 11 is 0. The highest BCUT2D eigenvalue weighted by Gasteiger charge is 2.63. The number of ether oxygens (including phenoxy) is 6. The topological polar surface area (TPSA) is 139 Å². The first-order valence-corrected chi connectivity index (χ1v) is 29.2. The van der Waals surface area contributed by atoms with Crippen LogP contribution in [0.4, 0.5) is 9.59 Å². The van der Waals surface area contributed by atoms with E-state index in [9.17, 15) is 19.2 Å². The van der Waals surface area contributed by atoms with Crippen LogP contribution in [0.15, 0.2) is 96.3 Å². The van der Waals surface area contributed by atoms with Gasteiger partial charge in [0.15, 0.2) is 27.8 Å². The number of methoxy groups -OCH3 is 4. The monoisotopic (exact) mass is 976 g/mol. The van der Waals surface area contributed by atoms with Crippen LogP contribution in [0.2, 0.25) is 26.2 Å². The molecule has 0 aromatic heterocycles. The number of nitrogens with zero attached hydrogens (tertiary/aromatic N) is 2. The van der Waals surface area contributed by atoms with Gasteiger partial charge in [0.2, 0.25) is 0 Å². The fraction of sp³-hybridized carbons (Fsp3) is 0.407. The molecule has 2 aliphatic heterocycles. The molecule has 15 heteroatoms. The molecule has 0 spiro atoms. The van der Waals surface area contributed by atoms with Crippen molar-refractivity contribution in [3.05, 3.63) is 141 Å². The summed E-state index contributed by atoms with van der Waals surface area (Å²) in [5, 5.41) is 0. The van der Waals surface area contributed by atoms with Crippen molar-refractivity contribution >= 4 is 40.6 Å². The Labute approximate surface area is 409 Å². The molecule has 2 aliphatic rings. The number of imide groups is 2. The number of amides is 4. The normalized spacial score (nSPS) is 18.1. The minimum atomic E-state index is -2.88. The predicted molar refractivity (Wildman–Crippen MR) is 271 cm³/mol. The molecule has 0 N–H and O–H groups in total. The molecule has 0 radical (unpaired) electrons. The van der Waals surface area contributed by atoms with Gasteiger partial charge in [-0.3, -0.25) is 9.59 Å². The van der Waals surface area contributed by atoms with Crippen LogP contribution in [-0.4, -0.2) is 91.0 Å². The lowest BCUT2D eigenvalue weighted by Crippen LogP contribution is -2.50.